The number of aryl methyl sites for hydroxylation is 2. The molecule has 1 N–H and O–H groups in total. The molecule has 0 atom stereocenters. The molecule has 82 valence electrons. The van der Waals surface area contributed by atoms with Gasteiger partial charge in [0.05, 0.1) is 7.11 Å². The molecule has 0 unspecified atom stereocenters. The van der Waals surface area contributed by atoms with Gasteiger partial charge in [-0.05, 0) is 49.6 Å². The zero-order valence-electron chi connectivity index (χ0n) is 9.98. The minimum Gasteiger partial charge on any atom is -0.496 e. The molecule has 1 aromatic rings. The van der Waals surface area contributed by atoms with Gasteiger partial charge in [0, 0.05) is 12.2 Å². The molecule has 2 nitrogen and oxygen atoms in total. The summed E-state index contributed by atoms with van der Waals surface area (Å²) in [5.41, 5.74) is 4.39. The minimum atomic E-state index is 0.892. The molecule has 0 saturated carbocycles. The molecule has 1 rings (SSSR count). The standard InChI is InChI=1S/C13H19NO/c1-6-14-11(4)12-7-9(2)13(15-5)10(3)8-12/h7-8,14H,4,6H2,1-3,5H3. The van der Waals surface area contributed by atoms with Crippen molar-refractivity contribution in [1.82, 2.24) is 5.32 Å². The summed E-state index contributed by atoms with van der Waals surface area (Å²) >= 11 is 0. The van der Waals surface area contributed by atoms with E-state index in [9.17, 15) is 0 Å². The van der Waals surface area contributed by atoms with E-state index in [0.717, 1.165) is 34.7 Å². The normalized spacial score (nSPS) is 9.87. The van der Waals surface area contributed by atoms with E-state index >= 15 is 0 Å². The number of benzene rings is 1. The lowest BCUT2D eigenvalue weighted by atomic mass is 10.0. The van der Waals surface area contributed by atoms with Crippen LogP contribution < -0.4 is 10.1 Å². The van der Waals surface area contributed by atoms with Gasteiger partial charge in [-0.25, -0.2) is 0 Å². The zero-order chi connectivity index (χ0) is 11.4. The molecule has 0 aliphatic heterocycles. The summed E-state index contributed by atoms with van der Waals surface area (Å²) in [6, 6.07) is 4.19. The van der Waals surface area contributed by atoms with E-state index in [1.54, 1.807) is 7.11 Å². The summed E-state index contributed by atoms with van der Waals surface area (Å²) in [5.74, 6) is 0.961. The van der Waals surface area contributed by atoms with Crippen molar-refractivity contribution < 1.29 is 4.74 Å². The van der Waals surface area contributed by atoms with Gasteiger partial charge in [-0.15, -0.1) is 0 Å². The molecular weight excluding hydrogens is 186 g/mol. The van der Waals surface area contributed by atoms with Crippen LogP contribution in [0.1, 0.15) is 23.6 Å². The van der Waals surface area contributed by atoms with E-state index in [0.29, 0.717) is 0 Å². The first-order chi connectivity index (χ1) is 7.10. The van der Waals surface area contributed by atoms with Crippen molar-refractivity contribution in [2.45, 2.75) is 20.8 Å². The van der Waals surface area contributed by atoms with Crippen molar-refractivity contribution in [1.29, 1.82) is 0 Å². The summed E-state index contributed by atoms with van der Waals surface area (Å²) < 4.78 is 5.32. The van der Waals surface area contributed by atoms with Crippen LogP contribution in [0.25, 0.3) is 5.70 Å². The van der Waals surface area contributed by atoms with Gasteiger partial charge >= 0.3 is 0 Å². The van der Waals surface area contributed by atoms with Crippen LogP contribution in [0.3, 0.4) is 0 Å². The van der Waals surface area contributed by atoms with Gasteiger partial charge < -0.3 is 10.1 Å². The van der Waals surface area contributed by atoms with Gasteiger partial charge in [-0.2, -0.15) is 0 Å². The summed E-state index contributed by atoms with van der Waals surface area (Å²) in [7, 11) is 1.70. The summed E-state index contributed by atoms with van der Waals surface area (Å²) in [6.45, 7) is 11.1. The molecule has 0 saturated heterocycles. The largest absolute Gasteiger partial charge is 0.496 e. The topological polar surface area (TPSA) is 21.3 Å². The highest BCUT2D eigenvalue weighted by atomic mass is 16.5. The van der Waals surface area contributed by atoms with Crippen LogP contribution in [0, 0.1) is 13.8 Å². The molecule has 0 bridgehead atoms. The molecule has 0 spiro atoms. The predicted octanol–water partition coefficient (Wildman–Crippen LogP) is 2.89. The second-order valence-corrected chi connectivity index (χ2v) is 3.65. The average Bonchev–Trinajstić information content (AvgIpc) is 2.17. The number of nitrogens with one attached hydrogen (secondary N) is 1. The molecule has 0 fully saturated rings. The maximum absolute atomic E-state index is 5.32. The SMILES string of the molecule is C=C(NCC)c1cc(C)c(OC)c(C)c1. The highest BCUT2D eigenvalue weighted by molar-refractivity contribution is 5.65. The predicted molar refractivity (Wildman–Crippen MR) is 65.2 cm³/mol. The number of hydrogen-bond acceptors (Lipinski definition) is 2. The molecule has 0 aliphatic rings. The summed E-state index contributed by atoms with van der Waals surface area (Å²) in [4.78, 5) is 0. The van der Waals surface area contributed by atoms with E-state index in [4.69, 9.17) is 4.74 Å². The van der Waals surface area contributed by atoms with Crippen LogP contribution in [-0.4, -0.2) is 13.7 Å². The maximum Gasteiger partial charge on any atom is 0.124 e. The van der Waals surface area contributed by atoms with E-state index in [1.165, 1.54) is 0 Å². The quantitative estimate of drug-likeness (QED) is 0.816. The second-order valence-electron chi connectivity index (χ2n) is 3.65. The van der Waals surface area contributed by atoms with Crippen LogP contribution in [0.2, 0.25) is 0 Å². The Bertz CT molecular complexity index is 346. The second kappa shape index (κ2) is 4.87. The Kier molecular flexibility index (Phi) is 3.78. The van der Waals surface area contributed by atoms with Crippen molar-refractivity contribution in [3.63, 3.8) is 0 Å². The fourth-order valence-electron chi connectivity index (χ4n) is 1.76. The molecule has 0 aliphatic carbocycles. The van der Waals surface area contributed by atoms with Crippen molar-refractivity contribution in [2.75, 3.05) is 13.7 Å². The fourth-order valence-corrected chi connectivity index (χ4v) is 1.76. The Morgan fingerprint density at radius 3 is 2.27 bits per heavy atom. The molecule has 0 amide bonds. The van der Waals surface area contributed by atoms with Gasteiger partial charge in [0.15, 0.2) is 0 Å². The van der Waals surface area contributed by atoms with Crippen LogP contribution in [-0.2, 0) is 0 Å². The minimum absolute atomic E-state index is 0.892. The molecular formula is C13H19NO. The Balaban J connectivity index is 3.08. The van der Waals surface area contributed by atoms with Gasteiger partial charge in [0.25, 0.3) is 0 Å². The van der Waals surface area contributed by atoms with E-state index < -0.39 is 0 Å². The third-order valence-corrected chi connectivity index (χ3v) is 2.40. The van der Waals surface area contributed by atoms with Crippen LogP contribution in [0.5, 0.6) is 5.75 Å². The third kappa shape index (κ3) is 2.52. The molecule has 0 aromatic heterocycles. The van der Waals surface area contributed by atoms with Gasteiger partial charge in [-0.1, -0.05) is 6.58 Å². The van der Waals surface area contributed by atoms with E-state index in [2.05, 4.69) is 44.8 Å². The highest BCUT2D eigenvalue weighted by Crippen LogP contribution is 2.26. The maximum atomic E-state index is 5.32. The Morgan fingerprint density at radius 2 is 1.87 bits per heavy atom. The molecule has 0 heterocycles. The fraction of sp³-hybridized carbons (Fsp3) is 0.385. The average molecular weight is 205 g/mol. The Morgan fingerprint density at radius 1 is 1.33 bits per heavy atom. The molecule has 15 heavy (non-hydrogen) atoms. The first kappa shape index (κ1) is 11.6. The molecule has 1 aromatic carbocycles. The van der Waals surface area contributed by atoms with E-state index in [-0.39, 0.29) is 0 Å². The lowest BCUT2D eigenvalue weighted by Gasteiger charge is -2.13. The number of methoxy groups -OCH3 is 1. The van der Waals surface area contributed by atoms with Crippen LogP contribution >= 0.6 is 0 Å². The zero-order valence-corrected chi connectivity index (χ0v) is 9.98. The smallest absolute Gasteiger partial charge is 0.124 e. The third-order valence-electron chi connectivity index (χ3n) is 2.40. The Hall–Kier alpha value is -1.44. The van der Waals surface area contributed by atoms with Gasteiger partial charge in [-0.3, -0.25) is 0 Å². The monoisotopic (exact) mass is 205 g/mol. The van der Waals surface area contributed by atoms with Crippen LogP contribution in [0.4, 0.5) is 0 Å². The Labute approximate surface area is 92.0 Å². The van der Waals surface area contributed by atoms with Gasteiger partial charge in [0.2, 0.25) is 0 Å². The molecule has 2 heteroatoms. The first-order valence-electron chi connectivity index (χ1n) is 5.18. The lowest BCUT2D eigenvalue weighted by Crippen LogP contribution is -2.10. The first-order valence-corrected chi connectivity index (χ1v) is 5.18. The number of ether oxygens (including phenoxy) is 1. The summed E-state index contributed by atoms with van der Waals surface area (Å²) in [5, 5.41) is 3.22. The van der Waals surface area contributed by atoms with Crippen molar-refractivity contribution in [2.24, 2.45) is 0 Å². The van der Waals surface area contributed by atoms with E-state index in [1.807, 2.05) is 0 Å². The number of hydrogen-bond donors (Lipinski definition) is 1. The number of rotatable bonds is 4. The van der Waals surface area contributed by atoms with Crippen LogP contribution in [0.15, 0.2) is 18.7 Å². The van der Waals surface area contributed by atoms with Crippen molar-refractivity contribution >= 4 is 5.70 Å². The van der Waals surface area contributed by atoms with Gasteiger partial charge in [0.1, 0.15) is 5.75 Å². The van der Waals surface area contributed by atoms with Crippen molar-refractivity contribution in [3.05, 3.63) is 35.4 Å². The van der Waals surface area contributed by atoms with Crippen molar-refractivity contribution in [3.8, 4) is 5.75 Å². The summed E-state index contributed by atoms with van der Waals surface area (Å²) in [6.07, 6.45) is 0. The highest BCUT2D eigenvalue weighted by Gasteiger charge is 2.06. The lowest BCUT2D eigenvalue weighted by molar-refractivity contribution is 0.408. The molecule has 0 radical (unpaired) electrons.